The lowest BCUT2D eigenvalue weighted by molar-refractivity contribution is 0.0953. The number of hydrogen-bond donors (Lipinski definition) is 2. The molecule has 0 unspecified atom stereocenters. The minimum atomic E-state index is -0.00323. The fourth-order valence-electron chi connectivity index (χ4n) is 2.96. The van der Waals surface area contributed by atoms with Crippen molar-refractivity contribution in [2.75, 3.05) is 13.1 Å². The lowest BCUT2D eigenvalue weighted by Gasteiger charge is -2.12. The van der Waals surface area contributed by atoms with Crippen LogP contribution in [0.3, 0.4) is 0 Å². The molecule has 2 aromatic rings. The molecule has 0 bridgehead atoms. The summed E-state index contributed by atoms with van der Waals surface area (Å²) in [5.74, 6) is -0.00323. The van der Waals surface area contributed by atoms with Gasteiger partial charge < -0.3 is 10.6 Å². The number of aryl methyl sites for hydroxylation is 1. The highest BCUT2D eigenvalue weighted by molar-refractivity contribution is 5.94. The van der Waals surface area contributed by atoms with Gasteiger partial charge in [0, 0.05) is 24.7 Å². The maximum absolute atomic E-state index is 12.0. The van der Waals surface area contributed by atoms with Gasteiger partial charge in [0.2, 0.25) is 0 Å². The standard InChI is InChI=1S/C19H22N2O/c1-14-6-8-15(9-7-14)19(22)21-11-10-20-18-12-16-4-2-3-5-17(16)13-18/h2-9,18,20H,10-13H2,1H3,(H,21,22). The lowest BCUT2D eigenvalue weighted by atomic mass is 10.1. The van der Waals surface area contributed by atoms with Gasteiger partial charge >= 0.3 is 0 Å². The van der Waals surface area contributed by atoms with Gasteiger partial charge in [0.05, 0.1) is 0 Å². The molecule has 2 aromatic carbocycles. The highest BCUT2D eigenvalue weighted by Gasteiger charge is 2.19. The third kappa shape index (κ3) is 3.55. The molecular weight excluding hydrogens is 272 g/mol. The zero-order valence-corrected chi connectivity index (χ0v) is 12.9. The Kier molecular flexibility index (Phi) is 4.54. The molecule has 3 nitrogen and oxygen atoms in total. The first kappa shape index (κ1) is 14.8. The van der Waals surface area contributed by atoms with Crippen LogP contribution in [-0.4, -0.2) is 25.0 Å². The summed E-state index contributed by atoms with van der Waals surface area (Å²) in [6, 6.07) is 16.8. The van der Waals surface area contributed by atoms with E-state index >= 15 is 0 Å². The molecule has 0 heterocycles. The van der Waals surface area contributed by atoms with Gasteiger partial charge in [0.25, 0.3) is 5.91 Å². The number of carbonyl (C=O) groups is 1. The number of fused-ring (bicyclic) bond motifs is 1. The van der Waals surface area contributed by atoms with E-state index in [2.05, 4.69) is 34.9 Å². The van der Waals surface area contributed by atoms with E-state index in [-0.39, 0.29) is 5.91 Å². The van der Waals surface area contributed by atoms with Gasteiger partial charge in [-0.1, -0.05) is 42.0 Å². The number of hydrogen-bond acceptors (Lipinski definition) is 2. The van der Waals surface area contributed by atoms with Gasteiger partial charge in [-0.05, 0) is 43.0 Å². The largest absolute Gasteiger partial charge is 0.351 e. The highest BCUT2D eigenvalue weighted by atomic mass is 16.1. The molecule has 0 atom stereocenters. The zero-order valence-electron chi connectivity index (χ0n) is 12.9. The minimum Gasteiger partial charge on any atom is -0.351 e. The van der Waals surface area contributed by atoms with E-state index in [1.165, 1.54) is 16.7 Å². The van der Waals surface area contributed by atoms with E-state index in [0.717, 1.165) is 24.9 Å². The molecule has 0 spiro atoms. The van der Waals surface area contributed by atoms with Crippen LogP contribution in [0.25, 0.3) is 0 Å². The van der Waals surface area contributed by atoms with Crippen molar-refractivity contribution in [1.82, 2.24) is 10.6 Å². The van der Waals surface area contributed by atoms with Crippen molar-refractivity contribution in [1.29, 1.82) is 0 Å². The van der Waals surface area contributed by atoms with Crippen LogP contribution in [-0.2, 0) is 12.8 Å². The molecule has 3 rings (SSSR count). The molecule has 114 valence electrons. The van der Waals surface area contributed by atoms with Crippen LogP contribution in [0.5, 0.6) is 0 Å². The number of carbonyl (C=O) groups excluding carboxylic acids is 1. The van der Waals surface area contributed by atoms with E-state index in [4.69, 9.17) is 0 Å². The summed E-state index contributed by atoms with van der Waals surface area (Å²) in [5, 5.41) is 6.49. The Morgan fingerprint density at radius 3 is 2.27 bits per heavy atom. The molecular formula is C19H22N2O. The molecule has 22 heavy (non-hydrogen) atoms. The fourth-order valence-corrected chi connectivity index (χ4v) is 2.96. The first-order valence-corrected chi connectivity index (χ1v) is 7.87. The van der Waals surface area contributed by atoms with Crippen LogP contribution < -0.4 is 10.6 Å². The van der Waals surface area contributed by atoms with Crippen LogP contribution in [0.2, 0.25) is 0 Å². The van der Waals surface area contributed by atoms with Crippen LogP contribution in [0.4, 0.5) is 0 Å². The summed E-state index contributed by atoms with van der Waals surface area (Å²) in [4.78, 5) is 12.0. The van der Waals surface area contributed by atoms with E-state index in [1.807, 2.05) is 31.2 Å². The molecule has 2 N–H and O–H groups in total. The Morgan fingerprint density at radius 2 is 1.64 bits per heavy atom. The fraction of sp³-hybridized carbons (Fsp3) is 0.316. The molecule has 1 amide bonds. The Hall–Kier alpha value is -2.13. The maximum Gasteiger partial charge on any atom is 0.251 e. The van der Waals surface area contributed by atoms with Crippen molar-refractivity contribution in [3.05, 3.63) is 70.8 Å². The van der Waals surface area contributed by atoms with Gasteiger partial charge in [0.1, 0.15) is 0 Å². The van der Waals surface area contributed by atoms with E-state index in [9.17, 15) is 4.79 Å². The molecule has 0 fully saturated rings. The van der Waals surface area contributed by atoms with Crippen molar-refractivity contribution in [3.63, 3.8) is 0 Å². The second-order valence-electron chi connectivity index (χ2n) is 5.95. The summed E-state index contributed by atoms with van der Waals surface area (Å²) >= 11 is 0. The van der Waals surface area contributed by atoms with Crippen LogP contribution in [0, 0.1) is 6.92 Å². The van der Waals surface area contributed by atoms with Crippen LogP contribution >= 0.6 is 0 Å². The average molecular weight is 294 g/mol. The monoisotopic (exact) mass is 294 g/mol. The predicted octanol–water partition coefficient (Wildman–Crippen LogP) is 2.48. The third-order valence-electron chi connectivity index (χ3n) is 4.21. The Morgan fingerprint density at radius 1 is 1.00 bits per heavy atom. The summed E-state index contributed by atoms with van der Waals surface area (Å²) in [5.41, 5.74) is 4.78. The topological polar surface area (TPSA) is 41.1 Å². The zero-order chi connectivity index (χ0) is 15.4. The van der Waals surface area contributed by atoms with Gasteiger partial charge in [-0.2, -0.15) is 0 Å². The summed E-state index contributed by atoms with van der Waals surface area (Å²) in [6.45, 7) is 3.47. The normalized spacial score (nSPS) is 13.9. The quantitative estimate of drug-likeness (QED) is 0.832. The van der Waals surface area contributed by atoms with Gasteiger partial charge in [-0.25, -0.2) is 0 Å². The van der Waals surface area contributed by atoms with Gasteiger partial charge in [-0.15, -0.1) is 0 Å². The molecule has 0 radical (unpaired) electrons. The van der Waals surface area contributed by atoms with Gasteiger partial charge in [-0.3, -0.25) is 4.79 Å². The average Bonchev–Trinajstić information content (AvgIpc) is 2.95. The van der Waals surface area contributed by atoms with Crippen LogP contribution in [0.1, 0.15) is 27.0 Å². The van der Waals surface area contributed by atoms with E-state index in [0.29, 0.717) is 12.6 Å². The molecule has 1 aliphatic rings. The van der Waals surface area contributed by atoms with Crippen molar-refractivity contribution >= 4 is 5.91 Å². The number of rotatable bonds is 5. The number of nitrogens with one attached hydrogen (secondary N) is 2. The lowest BCUT2D eigenvalue weighted by Crippen LogP contribution is -2.37. The van der Waals surface area contributed by atoms with E-state index < -0.39 is 0 Å². The molecule has 0 saturated heterocycles. The SMILES string of the molecule is Cc1ccc(C(=O)NCCNC2Cc3ccccc3C2)cc1. The summed E-state index contributed by atoms with van der Waals surface area (Å²) in [6.07, 6.45) is 2.17. The van der Waals surface area contributed by atoms with Crippen molar-refractivity contribution in [3.8, 4) is 0 Å². The van der Waals surface area contributed by atoms with E-state index in [1.54, 1.807) is 0 Å². The Bertz CT molecular complexity index is 624. The second kappa shape index (κ2) is 6.75. The minimum absolute atomic E-state index is 0.00323. The van der Waals surface area contributed by atoms with Crippen molar-refractivity contribution in [2.45, 2.75) is 25.8 Å². The first-order chi connectivity index (χ1) is 10.7. The maximum atomic E-state index is 12.0. The Labute approximate surface area is 131 Å². The third-order valence-corrected chi connectivity index (χ3v) is 4.21. The molecule has 0 aliphatic heterocycles. The van der Waals surface area contributed by atoms with Crippen molar-refractivity contribution < 1.29 is 4.79 Å². The molecule has 3 heteroatoms. The molecule has 0 saturated carbocycles. The van der Waals surface area contributed by atoms with Crippen LogP contribution in [0.15, 0.2) is 48.5 Å². The summed E-state index contributed by atoms with van der Waals surface area (Å²) < 4.78 is 0. The number of benzene rings is 2. The smallest absolute Gasteiger partial charge is 0.251 e. The molecule has 1 aliphatic carbocycles. The Balaban J connectivity index is 1.40. The second-order valence-corrected chi connectivity index (χ2v) is 5.95. The number of amides is 1. The first-order valence-electron chi connectivity index (χ1n) is 7.87. The van der Waals surface area contributed by atoms with Crippen molar-refractivity contribution in [2.24, 2.45) is 0 Å². The molecule has 0 aromatic heterocycles. The highest BCUT2D eigenvalue weighted by Crippen LogP contribution is 2.21. The predicted molar refractivity (Wildman–Crippen MR) is 89.2 cm³/mol. The van der Waals surface area contributed by atoms with Gasteiger partial charge in [0.15, 0.2) is 0 Å². The summed E-state index contributed by atoms with van der Waals surface area (Å²) in [7, 11) is 0.